The smallest absolute Gasteiger partial charge is 0.238 e. The van der Waals surface area contributed by atoms with Gasteiger partial charge in [-0.15, -0.1) is 0 Å². The van der Waals surface area contributed by atoms with E-state index in [1.54, 1.807) is 0 Å². The predicted octanol–water partition coefficient (Wildman–Crippen LogP) is 2.41. The number of carbonyl (C=O) groups is 2. The molecular formula is C22H27N3O3. The fraction of sp³-hybridized carbons (Fsp3) is 0.364. The number of amides is 2. The molecule has 1 aliphatic heterocycles. The Morgan fingerprint density at radius 1 is 0.964 bits per heavy atom. The van der Waals surface area contributed by atoms with Gasteiger partial charge in [-0.05, 0) is 36.8 Å². The Labute approximate surface area is 166 Å². The second-order valence-corrected chi connectivity index (χ2v) is 6.82. The van der Waals surface area contributed by atoms with Crippen molar-refractivity contribution in [3.63, 3.8) is 0 Å². The highest BCUT2D eigenvalue weighted by atomic mass is 16.5. The van der Waals surface area contributed by atoms with E-state index in [0.717, 1.165) is 17.0 Å². The fourth-order valence-corrected chi connectivity index (χ4v) is 3.24. The van der Waals surface area contributed by atoms with Crippen LogP contribution in [0.2, 0.25) is 0 Å². The summed E-state index contributed by atoms with van der Waals surface area (Å²) in [5.41, 5.74) is 1.79. The van der Waals surface area contributed by atoms with Gasteiger partial charge in [-0.1, -0.05) is 30.3 Å². The van der Waals surface area contributed by atoms with Crippen LogP contribution in [0.15, 0.2) is 54.6 Å². The molecule has 0 aliphatic carbocycles. The minimum Gasteiger partial charge on any atom is -0.494 e. The van der Waals surface area contributed by atoms with Crippen LogP contribution in [-0.2, 0) is 16.0 Å². The maximum Gasteiger partial charge on any atom is 0.238 e. The Balaban J connectivity index is 1.41. The van der Waals surface area contributed by atoms with Crippen molar-refractivity contribution in [3.8, 4) is 5.75 Å². The Kier molecular flexibility index (Phi) is 7.03. The van der Waals surface area contributed by atoms with E-state index in [0.29, 0.717) is 45.8 Å². The number of rotatable bonds is 7. The third-order valence-corrected chi connectivity index (χ3v) is 4.74. The third kappa shape index (κ3) is 5.82. The van der Waals surface area contributed by atoms with E-state index in [1.807, 2.05) is 66.4 Å². The molecule has 1 aliphatic rings. The molecule has 6 nitrogen and oxygen atoms in total. The van der Waals surface area contributed by atoms with Crippen LogP contribution in [0.3, 0.4) is 0 Å². The van der Waals surface area contributed by atoms with Gasteiger partial charge in [0.2, 0.25) is 11.8 Å². The van der Waals surface area contributed by atoms with Gasteiger partial charge in [0.15, 0.2) is 0 Å². The zero-order valence-corrected chi connectivity index (χ0v) is 16.3. The van der Waals surface area contributed by atoms with Gasteiger partial charge < -0.3 is 15.0 Å². The maximum absolute atomic E-state index is 12.5. The normalized spacial score (nSPS) is 14.5. The maximum atomic E-state index is 12.5. The molecular weight excluding hydrogens is 354 g/mol. The van der Waals surface area contributed by atoms with E-state index < -0.39 is 0 Å². The Bertz CT molecular complexity index is 769. The lowest BCUT2D eigenvalue weighted by molar-refractivity contribution is -0.132. The SMILES string of the molecule is CCOc1ccc(CC(=O)N2CCN(CC(=O)Nc3ccccc3)CC2)cc1. The van der Waals surface area contributed by atoms with Crippen LogP contribution in [0.4, 0.5) is 5.69 Å². The molecule has 1 heterocycles. The molecule has 0 atom stereocenters. The molecule has 3 rings (SSSR count). The van der Waals surface area contributed by atoms with Crippen LogP contribution in [0.25, 0.3) is 0 Å². The molecule has 0 radical (unpaired) electrons. The summed E-state index contributed by atoms with van der Waals surface area (Å²) in [6.45, 7) is 5.63. The molecule has 1 saturated heterocycles. The van der Waals surface area contributed by atoms with Gasteiger partial charge in [-0.25, -0.2) is 0 Å². The minimum absolute atomic E-state index is 0.0274. The highest BCUT2D eigenvalue weighted by Gasteiger charge is 2.22. The third-order valence-electron chi connectivity index (χ3n) is 4.74. The summed E-state index contributed by atoms with van der Waals surface area (Å²) in [5, 5.41) is 2.90. The number of hydrogen-bond acceptors (Lipinski definition) is 4. The van der Waals surface area contributed by atoms with Gasteiger partial charge in [0, 0.05) is 31.9 Å². The zero-order chi connectivity index (χ0) is 19.8. The topological polar surface area (TPSA) is 61.9 Å². The van der Waals surface area contributed by atoms with Gasteiger partial charge in [-0.3, -0.25) is 14.5 Å². The van der Waals surface area contributed by atoms with Crippen molar-refractivity contribution < 1.29 is 14.3 Å². The molecule has 1 fully saturated rings. The van der Waals surface area contributed by atoms with Crippen molar-refractivity contribution in [1.29, 1.82) is 0 Å². The summed E-state index contributed by atoms with van der Waals surface area (Å²) < 4.78 is 5.43. The van der Waals surface area contributed by atoms with Gasteiger partial charge >= 0.3 is 0 Å². The monoisotopic (exact) mass is 381 g/mol. The molecule has 0 bridgehead atoms. The molecule has 1 N–H and O–H groups in total. The van der Waals surface area contributed by atoms with Gasteiger partial charge in [0.25, 0.3) is 0 Å². The van der Waals surface area contributed by atoms with E-state index in [4.69, 9.17) is 4.74 Å². The average Bonchev–Trinajstić information content (AvgIpc) is 2.71. The van der Waals surface area contributed by atoms with Crippen molar-refractivity contribution >= 4 is 17.5 Å². The second kappa shape index (κ2) is 9.90. The number of nitrogens with zero attached hydrogens (tertiary/aromatic N) is 2. The van der Waals surface area contributed by atoms with Gasteiger partial charge in [0.1, 0.15) is 5.75 Å². The fourth-order valence-electron chi connectivity index (χ4n) is 3.24. The van der Waals surface area contributed by atoms with Crippen molar-refractivity contribution in [2.24, 2.45) is 0 Å². The number of benzene rings is 2. The number of piperazine rings is 1. The first-order valence-electron chi connectivity index (χ1n) is 9.71. The highest BCUT2D eigenvalue weighted by Crippen LogP contribution is 2.14. The number of carbonyl (C=O) groups excluding carboxylic acids is 2. The summed E-state index contributed by atoms with van der Waals surface area (Å²) in [7, 11) is 0. The molecule has 148 valence electrons. The van der Waals surface area contributed by atoms with Crippen LogP contribution in [-0.4, -0.2) is 60.9 Å². The van der Waals surface area contributed by atoms with E-state index >= 15 is 0 Å². The molecule has 2 aromatic carbocycles. The highest BCUT2D eigenvalue weighted by molar-refractivity contribution is 5.92. The molecule has 2 aromatic rings. The molecule has 0 spiro atoms. The summed E-state index contributed by atoms with van der Waals surface area (Å²) in [6, 6.07) is 17.1. The predicted molar refractivity (Wildman–Crippen MR) is 109 cm³/mol. The zero-order valence-electron chi connectivity index (χ0n) is 16.3. The molecule has 0 saturated carbocycles. The minimum atomic E-state index is -0.0274. The van der Waals surface area contributed by atoms with Gasteiger partial charge in [0.05, 0.1) is 19.6 Å². The molecule has 28 heavy (non-hydrogen) atoms. The summed E-state index contributed by atoms with van der Waals surface area (Å²) in [4.78, 5) is 28.7. The Morgan fingerprint density at radius 2 is 1.64 bits per heavy atom. The van der Waals surface area contributed by atoms with E-state index in [2.05, 4.69) is 10.2 Å². The number of para-hydroxylation sites is 1. The van der Waals surface area contributed by atoms with Crippen LogP contribution >= 0.6 is 0 Å². The van der Waals surface area contributed by atoms with E-state index in [9.17, 15) is 9.59 Å². The average molecular weight is 381 g/mol. The molecule has 0 unspecified atom stereocenters. The Hall–Kier alpha value is -2.86. The first kappa shape index (κ1) is 19.9. The summed E-state index contributed by atoms with van der Waals surface area (Å²) in [6.07, 6.45) is 0.390. The number of anilines is 1. The van der Waals surface area contributed by atoms with Crippen molar-refractivity contribution in [2.75, 3.05) is 44.6 Å². The molecule has 6 heteroatoms. The van der Waals surface area contributed by atoms with Crippen LogP contribution in [0, 0.1) is 0 Å². The Morgan fingerprint density at radius 3 is 2.29 bits per heavy atom. The lowest BCUT2D eigenvalue weighted by atomic mass is 10.1. The van der Waals surface area contributed by atoms with E-state index in [-0.39, 0.29) is 11.8 Å². The largest absolute Gasteiger partial charge is 0.494 e. The van der Waals surface area contributed by atoms with Crippen molar-refractivity contribution in [2.45, 2.75) is 13.3 Å². The van der Waals surface area contributed by atoms with Crippen LogP contribution in [0.5, 0.6) is 5.75 Å². The number of nitrogens with one attached hydrogen (secondary N) is 1. The first-order chi connectivity index (χ1) is 13.6. The van der Waals surface area contributed by atoms with Crippen molar-refractivity contribution in [3.05, 3.63) is 60.2 Å². The lowest BCUT2D eigenvalue weighted by Crippen LogP contribution is -2.50. The lowest BCUT2D eigenvalue weighted by Gasteiger charge is -2.34. The van der Waals surface area contributed by atoms with Gasteiger partial charge in [-0.2, -0.15) is 0 Å². The molecule has 0 aromatic heterocycles. The molecule has 2 amide bonds. The summed E-state index contributed by atoms with van der Waals surface area (Å²) >= 11 is 0. The quantitative estimate of drug-likeness (QED) is 0.800. The second-order valence-electron chi connectivity index (χ2n) is 6.82. The summed E-state index contributed by atoms with van der Waals surface area (Å²) in [5.74, 6) is 0.916. The number of ether oxygens (including phenoxy) is 1. The number of hydrogen-bond donors (Lipinski definition) is 1. The standard InChI is InChI=1S/C22H27N3O3/c1-2-28-20-10-8-18(9-11-20)16-22(27)25-14-12-24(13-15-25)17-21(26)23-19-6-4-3-5-7-19/h3-11H,2,12-17H2,1H3,(H,23,26). The van der Waals surface area contributed by atoms with Crippen molar-refractivity contribution in [1.82, 2.24) is 9.80 Å². The van der Waals surface area contributed by atoms with E-state index in [1.165, 1.54) is 0 Å². The van der Waals surface area contributed by atoms with Crippen LogP contribution in [0.1, 0.15) is 12.5 Å². The van der Waals surface area contributed by atoms with Crippen LogP contribution < -0.4 is 10.1 Å². The first-order valence-corrected chi connectivity index (χ1v) is 9.71.